The van der Waals surface area contributed by atoms with Crippen LogP contribution < -0.4 is 5.32 Å². The van der Waals surface area contributed by atoms with Crippen LogP contribution in [0.1, 0.15) is 31.9 Å². The van der Waals surface area contributed by atoms with Gasteiger partial charge >= 0.3 is 11.9 Å². The fourth-order valence-corrected chi connectivity index (χ4v) is 1.98. The van der Waals surface area contributed by atoms with Crippen molar-refractivity contribution in [3.63, 3.8) is 0 Å². The third-order valence-corrected chi connectivity index (χ3v) is 3.03. The Hall–Kier alpha value is -1.88. The molecule has 0 saturated carbocycles. The second kappa shape index (κ2) is 7.94. The van der Waals surface area contributed by atoms with Gasteiger partial charge in [-0.3, -0.25) is 9.59 Å². The van der Waals surface area contributed by atoms with Crippen molar-refractivity contribution in [2.24, 2.45) is 5.92 Å². The molecule has 1 aromatic carbocycles. The van der Waals surface area contributed by atoms with Gasteiger partial charge in [-0.25, -0.2) is 0 Å². The zero-order valence-corrected chi connectivity index (χ0v) is 13.7. The van der Waals surface area contributed by atoms with Crippen LogP contribution in [0, 0.1) is 12.8 Å². The van der Waals surface area contributed by atoms with E-state index in [1.807, 2.05) is 31.2 Å². The van der Waals surface area contributed by atoms with Gasteiger partial charge in [-0.15, -0.1) is 0 Å². The summed E-state index contributed by atoms with van der Waals surface area (Å²) in [5, 5.41) is 12.2. The number of nitrogens with one attached hydrogen (secondary N) is 1. The maximum Gasteiger partial charge on any atom is 0.320 e. The van der Waals surface area contributed by atoms with E-state index in [1.54, 1.807) is 20.8 Å². The van der Waals surface area contributed by atoms with Crippen molar-refractivity contribution in [3.05, 3.63) is 35.4 Å². The van der Waals surface area contributed by atoms with Gasteiger partial charge in [0.15, 0.2) is 0 Å². The van der Waals surface area contributed by atoms with Crippen LogP contribution in [0.25, 0.3) is 0 Å². The van der Waals surface area contributed by atoms with E-state index < -0.39 is 17.5 Å². The van der Waals surface area contributed by atoms with Crippen LogP contribution in [-0.2, 0) is 20.7 Å². The molecule has 0 heterocycles. The van der Waals surface area contributed by atoms with Crippen LogP contribution in [0.5, 0.6) is 0 Å². The van der Waals surface area contributed by atoms with Gasteiger partial charge in [-0.1, -0.05) is 29.8 Å². The number of aliphatic carboxylic acids is 1. The molecule has 0 bridgehead atoms. The summed E-state index contributed by atoms with van der Waals surface area (Å²) in [5.41, 5.74) is 1.57. The number of esters is 1. The number of carbonyl (C=O) groups excluding carboxylic acids is 1. The van der Waals surface area contributed by atoms with Crippen LogP contribution in [0.15, 0.2) is 24.3 Å². The van der Waals surface area contributed by atoms with Gasteiger partial charge < -0.3 is 15.2 Å². The highest BCUT2D eigenvalue weighted by molar-refractivity contribution is 5.73. The van der Waals surface area contributed by atoms with Gasteiger partial charge in [0.2, 0.25) is 0 Å². The average molecular weight is 307 g/mol. The number of hydrogen-bond acceptors (Lipinski definition) is 4. The van der Waals surface area contributed by atoms with E-state index in [1.165, 1.54) is 0 Å². The minimum absolute atomic E-state index is 0.00888. The van der Waals surface area contributed by atoms with E-state index in [9.17, 15) is 14.7 Å². The van der Waals surface area contributed by atoms with E-state index in [-0.39, 0.29) is 19.1 Å². The quantitative estimate of drug-likeness (QED) is 0.755. The van der Waals surface area contributed by atoms with E-state index in [2.05, 4.69) is 5.32 Å². The number of aryl methyl sites for hydroxylation is 1. The lowest BCUT2D eigenvalue weighted by Crippen LogP contribution is -2.36. The van der Waals surface area contributed by atoms with Crippen molar-refractivity contribution in [3.8, 4) is 0 Å². The summed E-state index contributed by atoms with van der Waals surface area (Å²) < 4.78 is 5.16. The number of carbonyl (C=O) groups is 2. The maximum absolute atomic E-state index is 11.6. The zero-order chi connectivity index (χ0) is 16.8. The molecular weight excluding hydrogens is 282 g/mol. The van der Waals surface area contributed by atoms with Crippen LogP contribution >= 0.6 is 0 Å². The molecule has 0 aromatic heterocycles. The topological polar surface area (TPSA) is 75.6 Å². The molecule has 122 valence electrons. The molecule has 0 aliphatic rings. The number of carboxylic acids is 1. The predicted octanol–water partition coefficient (Wildman–Crippen LogP) is 2.17. The van der Waals surface area contributed by atoms with Crippen LogP contribution in [0.2, 0.25) is 0 Å². The molecule has 2 N–H and O–H groups in total. The number of ether oxygens (including phenoxy) is 1. The zero-order valence-electron chi connectivity index (χ0n) is 13.7. The molecule has 1 rings (SSSR count). The van der Waals surface area contributed by atoms with Crippen molar-refractivity contribution in [2.45, 2.75) is 39.7 Å². The number of benzene rings is 1. The Morgan fingerprint density at radius 1 is 1.23 bits per heavy atom. The second-order valence-corrected chi connectivity index (χ2v) is 6.44. The van der Waals surface area contributed by atoms with Gasteiger partial charge in [-0.05, 0) is 39.7 Å². The van der Waals surface area contributed by atoms with Crippen molar-refractivity contribution >= 4 is 11.9 Å². The molecular formula is C17H25NO4. The highest BCUT2D eigenvalue weighted by Crippen LogP contribution is 2.10. The van der Waals surface area contributed by atoms with E-state index >= 15 is 0 Å². The molecule has 0 saturated heterocycles. The fraction of sp³-hybridized carbons (Fsp3) is 0.529. The third kappa shape index (κ3) is 7.22. The summed E-state index contributed by atoms with van der Waals surface area (Å²) in [4.78, 5) is 22.9. The smallest absolute Gasteiger partial charge is 0.320 e. The Morgan fingerprint density at radius 3 is 2.32 bits per heavy atom. The Bertz CT molecular complexity index is 502. The highest BCUT2D eigenvalue weighted by Gasteiger charge is 2.20. The summed E-state index contributed by atoms with van der Waals surface area (Å²) >= 11 is 0. The Labute approximate surface area is 131 Å². The first-order chi connectivity index (χ1) is 10.2. The van der Waals surface area contributed by atoms with Gasteiger partial charge in [0, 0.05) is 6.54 Å². The monoisotopic (exact) mass is 307 g/mol. The molecule has 1 unspecified atom stereocenters. The molecule has 1 atom stereocenters. The molecule has 0 aliphatic heterocycles. The number of hydrogen-bond donors (Lipinski definition) is 2. The molecule has 0 amide bonds. The number of carboxylic acid groups (broad SMARTS) is 1. The van der Waals surface area contributed by atoms with Crippen molar-refractivity contribution in [2.75, 3.05) is 13.1 Å². The molecule has 0 fully saturated rings. The second-order valence-electron chi connectivity index (χ2n) is 6.44. The highest BCUT2D eigenvalue weighted by atomic mass is 16.6. The predicted molar refractivity (Wildman–Crippen MR) is 84.7 cm³/mol. The standard InChI is InChI=1S/C17H25NO4/c1-12-5-7-13(8-6-12)9-14(16(20)21)10-18-11-15(19)22-17(2,3)4/h5-8,14,18H,9-11H2,1-4H3,(H,20,21). The first kappa shape index (κ1) is 18.2. The van der Waals surface area contributed by atoms with Crippen molar-refractivity contribution in [1.29, 1.82) is 0 Å². The summed E-state index contributed by atoms with van der Waals surface area (Å²) in [6.07, 6.45) is 0.428. The van der Waals surface area contributed by atoms with Gasteiger partial charge in [-0.2, -0.15) is 0 Å². The summed E-state index contributed by atoms with van der Waals surface area (Å²) in [6.45, 7) is 7.60. The Kier molecular flexibility index (Phi) is 6.56. The van der Waals surface area contributed by atoms with Crippen molar-refractivity contribution in [1.82, 2.24) is 5.32 Å². The first-order valence-corrected chi connectivity index (χ1v) is 7.38. The lowest BCUT2D eigenvalue weighted by atomic mass is 9.98. The molecule has 0 spiro atoms. The summed E-state index contributed by atoms with van der Waals surface area (Å²) in [6, 6.07) is 7.78. The largest absolute Gasteiger partial charge is 0.481 e. The third-order valence-electron chi connectivity index (χ3n) is 3.03. The molecule has 5 heteroatoms. The van der Waals surface area contributed by atoms with Crippen molar-refractivity contribution < 1.29 is 19.4 Å². The minimum atomic E-state index is -0.878. The van der Waals surface area contributed by atoms with E-state index in [4.69, 9.17) is 4.74 Å². The minimum Gasteiger partial charge on any atom is -0.481 e. The van der Waals surface area contributed by atoms with E-state index in [0.717, 1.165) is 11.1 Å². The van der Waals surface area contributed by atoms with E-state index in [0.29, 0.717) is 6.42 Å². The summed E-state index contributed by atoms with van der Waals surface area (Å²) in [5.74, 6) is -1.84. The molecule has 0 radical (unpaired) electrons. The van der Waals surface area contributed by atoms with Gasteiger partial charge in [0.05, 0.1) is 12.5 Å². The van der Waals surface area contributed by atoms with Crippen LogP contribution in [-0.4, -0.2) is 35.7 Å². The molecule has 1 aromatic rings. The number of rotatable bonds is 7. The first-order valence-electron chi connectivity index (χ1n) is 7.38. The van der Waals surface area contributed by atoms with Crippen LogP contribution in [0.3, 0.4) is 0 Å². The Morgan fingerprint density at radius 2 is 1.82 bits per heavy atom. The summed E-state index contributed by atoms with van der Waals surface area (Å²) in [7, 11) is 0. The molecule has 5 nitrogen and oxygen atoms in total. The van der Waals surface area contributed by atoms with Crippen LogP contribution in [0.4, 0.5) is 0 Å². The lowest BCUT2D eigenvalue weighted by molar-refractivity contribution is -0.154. The maximum atomic E-state index is 11.6. The lowest BCUT2D eigenvalue weighted by Gasteiger charge is -2.20. The van der Waals surface area contributed by atoms with Gasteiger partial charge in [0.25, 0.3) is 0 Å². The molecule has 0 aliphatic carbocycles. The molecule has 22 heavy (non-hydrogen) atoms. The SMILES string of the molecule is Cc1ccc(CC(CNCC(=O)OC(C)(C)C)C(=O)O)cc1. The Balaban J connectivity index is 2.46. The fourth-order valence-electron chi connectivity index (χ4n) is 1.98. The normalized spacial score (nSPS) is 12.7. The average Bonchev–Trinajstić information content (AvgIpc) is 2.37. The van der Waals surface area contributed by atoms with Gasteiger partial charge in [0.1, 0.15) is 5.60 Å².